The molecule has 0 aromatic heterocycles. The highest BCUT2D eigenvalue weighted by Gasteiger charge is 2.27. The van der Waals surface area contributed by atoms with Crippen LogP contribution in [0, 0.1) is 0 Å². The van der Waals surface area contributed by atoms with E-state index in [9.17, 15) is 39.6 Å². The molecule has 0 spiro atoms. The van der Waals surface area contributed by atoms with Crippen LogP contribution in [-0.4, -0.2) is 44.3 Å². The molecule has 0 unspecified atom stereocenters. The molecule has 24 heavy (non-hydrogen) atoms. The van der Waals surface area contributed by atoms with Crippen LogP contribution in [0.4, 0.5) is 0 Å². The lowest BCUT2D eigenvalue weighted by molar-refractivity contribution is 0.0650. The zero-order valence-corrected chi connectivity index (χ0v) is 14.5. The molecule has 0 saturated heterocycles. The Bertz CT molecular complexity index is 871. The van der Waals surface area contributed by atoms with Crippen LogP contribution in [0.5, 0.6) is 0 Å². The van der Waals surface area contributed by atoms with E-state index in [2.05, 4.69) is 31.9 Å². The summed E-state index contributed by atoms with van der Waals surface area (Å²) in [5.74, 6) is -6.12. The summed E-state index contributed by atoms with van der Waals surface area (Å²) in [6.07, 6.45) is 0. The molecule has 124 valence electrons. The maximum atomic E-state index is 11.4. The third kappa shape index (κ3) is 2.74. The molecule has 10 heteroatoms. The molecule has 0 fully saturated rings. The predicted molar refractivity (Wildman–Crippen MR) is 87.2 cm³/mol. The molecule has 0 aliphatic carbocycles. The number of carbonyl (C=O) groups is 4. The third-order valence-electron chi connectivity index (χ3n) is 3.21. The van der Waals surface area contributed by atoms with Gasteiger partial charge in [-0.1, -0.05) is 0 Å². The number of carboxylic acids is 4. The molecule has 0 aliphatic heterocycles. The molecule has 0 amide bonds. The fraction of sp³-hybridized carbons (Fsp3) is 0. The highest BCUT2D eigenvalue weighted by Crippen LogP contribution is 2.38. The highest BCUT2D eigenvalue weighted by atomic mass is 79.9. The van der Waals surface area contributed by atoms with E-state index in [0.717, 1.165) is 12.1 Å². The highest BCUT2D eigenvalue weighted by molar-refractivity contribution is 9.11. The van der Waals surface area contributed by atoms with Gasteiger partial charge in [-0.2, -0.15) is 0 Å². The summed E-state index contributed by atoms with van der Waals surface area (Å²) in [6.45, 7) is 0. The van der Waals surface area contributed by atoms with Crippen molar-refractivity contribution in [2.45, 2.75) is 0 Å². The third-order valence-corrected chi connectivity index (χ3v) is 4.85. The van der Waals surface area contributed by atoms with Crippen molar-refractivity contribution in [3.63, 3.8) is 0 Å². The summed E-state index contributed by atoms with van der Waals surface area (Å²) in [6, 6.07) is 1.96. The quantitative estimate of drug-likeness (QED) is 0.542. The second kappa shape index (κ2) is 6.21. The Morgan fingerprint density at radius 1 is 0.625 bits per heavy atom. The van der Waals surface area contributed by atoms with E-state index in [0.29, 0.717) is 0 Å². The van der Waals surface area contributed by atoms with Crippen LogP contribution in [0.2, 0.25) is 0 Å². The van der Waals surface area contributed by atoms with Crippen molar-refractivity contribution >= 4 is 66.5 Å². The van der Waals surface area contributed by atoms with E-state index >= 15 is 0 Å². The van der Waals surface area contributed by atoms with Crippen LogP contribution in [0.25, 0.3) is 10.8 Å². The van der Waals surface area contributed by atoms with Crippen molar-refractivity contribution in [2.24, 2.45) is 0 Å². The van der Waals surface area contributed by atoms with Gasteiger partial charge in [-0.05, 0) is 54.8 Å². The Morgan fingerprint density at radius 2 is 0.917 bits per heavy atom. The molecule has 2 aromatic rings. The summed E-state index contributed by atoms with van der Waals surface area (Å²) in [5.41, 5.74) is -2.27. The molecule has 0 aliphatic rings. The van der Waals surface area contributed by atoms with Crippen LogP contribution in [-0.2, 0) is 0 Å². The maximum absolute atomic E-state index is 11.4. The summed E-state index contributed by atoms with van der Waals surface area (Å²) in [4.78, 5) is 45.3. The fourth-order valence-corrected chi connectivity index (χ4v) is 3.64. The zero-order valence-electron chi connectivity index (χ0n) is 11.3. The monoisotopic (exact) mass is 460 g/mol. The topological polar surface area (TPSA) is 149 Å². The SMILES string of the molecule is O=C(O)c1cc2c(Br)c(C(=O)O)c(C(=O)O)cc2c(Br)c1C(=O)O. The van der Waals surface area contributed by atoms with Gasteiger partial charge in [0, 0.05) is 8.95 Å². The largest absolute Gasteiger partial charge is 0.478 e. The van der Waals surface area contributed by atoms with Gasteiger partial charge in [0.15, 0.2) is 0 Å². The number of hydrogen-bond acceptors (Lipinski definition) is 4. The summed E-state index contributed by atoms with van der Waals surface area (Å²) in [7, 11) is 0. The van der Waals surface area contributed by atoms with E-state index in [1.165, 1.54) is 0 Å². The Kier molecular flexibility index (Phi) is 4.63. The predicted octanol–water partition coefficient (Wildman–Crippen LogP) is 3.16. The second-order valence-electron chi connectivity index (χ2n) is 4.54. The van der Waals surface area contributed by atoms with Crippen LogP contribution in [0.1, 0.15) is 41.4 Å². The molecule has 0 atom stereocenters. The Labute approximate surface area is 149 Å². The minimum atomic E-state index is -1.53. The van der Waals surface area contributed by atoms with Gasteiger partial charge in [0.25, 0.3) is 0 Å². The van der Waals surface area contributed by atoms with E-state index in [4.69, 9.17) is 0 Å². The smallest absolute Gasteiger partial charge is 0.337 e. The number of aromatic carboxylic acids is 4. The van der Waals surface area contributed by atoms with Crippen LogP contribution < -0.4 is 0 Å². The van der Waals surface area contributed by atoms with Crippen molar-refractivity contribution < 1.29 is 39.6 Å². The second-order valence-corrected chi connectivity index (χ2v) is 6.13. The van der Waals surface area contributed by atoms with E-state index in [1.54, 1.807) is 0 Å². The number of hydrogen-bond donors (Lipinski definition) is 4. The maximum Gasteiger partial charge on any atom is 0.337 e. The lowest BCUT2D eigenvalue weighted by Crippen LogP contribution is -2.12. The lowest BCUT2D eigenvalue weighted by Gasteiger charge is -2.13. The van der Waals surface area contributed by atoms with E-state index in [-0.39, 0.29) is 19.7 Å². The average molecular weight is 462 g/mol. The molecule has 8 nitrogen and oxygen atoms in total. The minimum absolute atomic E-state index is 0.0478. The first-order valence-corrected chi connectivity index (χ1v) is 7.58. The Hall–Kier alpha value is -2.46. The summed E-state index contributed by atoms with van der Waals surface area (Å²) in [5, 5.41) is 37.0. The Balaban J connectivity index is 3.13. The molecular formula is C14H6Br2O8. The van der Waals surface area contributed by atoms with Crippen LogP contribution >= 0.6 is 31.9 Å². The van der Waals surface area contributed by atoms with Crippen molar-refractivity contribution in [3.05, 3.63) is 43.3 Å². The van der Waals surface area contributed by atoms with Gasteiger partial charge < -0.3 is 20.4 Å². The molecule has 0 saturated carbocycles. The molecule has 0 heterocycles. The standard InChI is InChI=1S/C14H6Br2O8/c15-9-3-1-5(11(17)18)7(13(21)22)10(16)4(3)2-6(12(19)20)8(9)14(23)24/h1-2H,(H,17,18)(H,19,20)(H,21,22)(H,23,24). The number of benzene rings is 2. The van der Waals surface area contributed by atoms with Gasteiger partial charge in [-0.15, -0.1) is 0 Å². The first-order chi connectivity index (χ1) is 11.1. The summed E-state index contributed by atoms with van der Waals surface area (Å²) < 4.78 is -0.324. The van der Waals surface area contributed by atoms with Crippen molar-refractivity contribution in [1.29, 1.82) is 0 Å². The molecule has 0 radical (unpaired) electrons. The lowest BCUT2D eigenvalue weighted by atomic mass is 9.96. The van der Waals surface area contributed by atoms with Crippen LogP contribution in [0.3, 0.4) is 0 Å². The Morgan fingerprint density at radius 3 is 1.12 bits per heavy atom. The molecular weight excluding hydrogens is 456 g/mol. The van der Waals surface area contributed by atoms with Gasteiger partial charge >= 0.3 is 23.9 Å². The van der Waals surface area contributed by atoms with Crippen molar-refractivity contribution in [1.82, 2.24) is 0 Å². The molecule has 0 bridgehead atoms. The van der Waals surface area contributed by atoms with Crippen molar-refractivity contribution in [2.75, 3.05) is 0 Å². The molecule has 2 rings (SSSR count). The first-order valence-electron chi connectivity index (χ1n) is 5.99. The molecule has 4 N–H and O–H groups in total. The van der Waals surface area contributed by atoms with Gasteiger partial charge in [0.2, 0.25) is 0 Å². The zero-order chi connectivity index (χ0) is 18.3. The van der Waals surface area contributed by atoms with Crippen LogP contribution in [0.15, 0.2) is 21.1 Å². The first kappa shape index (κ1) is 17.9. The van der Waals surface area contributed by atoms with Gasteiger partial charge in [0.05, 0.1) is 22.3 Å². The summed E-state index contributed by atoms with van der Waals surface area (Å²) >= 11 is 5.95. The van der Waals surface area contributed by atoms with E-state index in [1.807, 2.05) is 0 Å². The fourth-order valence-electron chi connectivity index (χ4n) is 2.21. The van der Waals surface area contributed by atoms with Gasteiger partial charge in [-0.25, -0.2) is 19.2 Å². The molecule has 2 aromatic carbocycles. The number of halogens is 2. The number of rotatable bonds is 4. The number of fused-ring (bicyclic) bond motifs is 1. The van der Waals surface area contributed by atoms with Gasteiger partial charge in [-0.3, -0.25) is 0 Å². The van der Waals surface area contributed by atoms with Gasteiger partial charge in [0.1, 0.15) is 0 Å². The number of carboxylic acid groups (broad SMARTS) is 4. The minimum Gasteiger partial charge on any atom is -0.478 e. The van der Waals surface area contributed by atoms with Crippen molar-refractivity contribution in [3.8, 4) is 0 Å². The van der Waals surface area contributed by atoms with E-state index < -0.39 is 46.1 Å². The average Bonchev–Trinajstić information content (AvgIpc) is 2.45. The normalized spacial score (nSPS) is 10.6.